The summed E-state index contributed by atoms with van der Waals surface area (Å²) < 4.78 is 10.4. The van der Waals surface area contributed by atoms with Gasteiger partial charge in [-0.05, 0) is 19.4 Å². The van der Waals surface area contributed by atoms with Gasteiger partial charge in [0.15, 0.2) is 0 Å². The van der Waals surface area contributed by atoms with Crippen LogP contribution in [0.15, 0.2) is 0 Å². The third-order valence-electron chi connectivity index (χ3n) is 2.12. The second-order valence-electron chi connectivity index (χ2n) is 3.42. The van der Waals surface area contributed by atoms with Crippen molar-refractivity contribution in [3.63, 3.8) is 0 Å². The largest absolute Gasteiger partial charge is 0.382 e. The van der Waals surface area contributed by atoms with E-state index in [0.29, 0.717) is 19.3 Å². The van der Waals surface area contributed by atoms with Crippen LogP contribution < -0.4 is 5.32 Å². The van der Waals surface area contributed by atoms with E-state index in [1.165, 1.54) is 0 Å². The molecule has 0 amide bonds. The van der Waals surface area contributed by atoms with Crippen molar-refractivity contribution < 1.29 is 9.47 Å². The van der Waals surface area contributed by atoms with Crippen LogP contribution in [-0.2, 0) is 9.47 Å². The Kier molecular flexibility index (Phi) is 11.1. The Bertz CT molecular complexity index is 165. The second-order valence-corrected chi connectivity index (χ2v) is 3.42. The summed E-state index contributed by atoms with van der Waals surface area (Å²) in [6.45, 7) is 5.12. The average Bonchev–Trinajstić information content (AvgIpc) is 2.24. The third kappa shape index (κ3) is 9.74. The highest BCUT2D eigenvalue weighted by atomic mass is 16.5. The zero-order valence-electron chi connectivity index (χ0n) is 9.92. The van der Waals surface area contributed by atoms with Crippen molar-refractivity contribution in [1.29, 1.82) is 0 Å². The topological polar surface area (TPSA) is 30.5 Å². The minimum absolute atomic E-state index is 0.417. The van der Waals surface area contributed by atoms with Gasteiger partial charge in [-0.2, -0.15) is 0 Å². The van der Waals surface area contributed by atoms with Crippen LogP contribution in [0.4, 0.5) is 0 Å². The number of nitrogens with one attached hydrogen (secondary N) is 1. The van der Waals surface area contributed by atoms with Crippen LogP contribution in [0.2, 0.25) is 0 Å². The summed E-state index contributed by atoms with van der Waals surface area (Å²) in [4.78, 5) is 0. The predicted molar refractivity (Wildman–Crippen MR) is 62.8 cm³/mol. The van der Waals surface area contributed by atoms with Crippen molar-refractivity contribution in [3.05, 3.63) is 0 Å². The van der Waals surface area contributed by atoms with Crippen LogP contribution in [0.5, 0.6) is 0 Å². The number of methoxy groups -OCH3 is 1. The van der Waals surface area contributed by atoms with Crippen LogP contribution in [-0.4, -0.2) is 39.5 Å². The van der Waals surface area contributed by atoms with E-state index < -0.39 is 0 Å². The lowest BCUT2D eigenvalue weighted by Crippen LogP contribution is -2.33. The Balaban J connectivity index is 3.49. The molecule has 0 saturated heterocycles. The number of likely N-dealkylation sites (N-methyl/N-ethyl adjacent to an activating group) is 1. The first-order chi connectivity index (χ1) is 7.35. The van der Waals surface area contributed by atoms with Gasteiger partial charge in [0.05, 0.1) is 19.8 Å². The number of unbranched alkanes of at least 4 members (excludes halogenated alkanes) is 1. The van der Waals surface area contributed by atoms with Gasteiger partial charge in [0.1, 0.15) is 0 Å². The molecule has 3 heteroatoms. The van der Waals surface area contributed by atoms with Crippen molar-refractivity contribution >= 4 is 0 Å². The summed E-state index contributed by atoms with van der Waals surface area (Å²) in [5.41, 5.74) is 0. The van der Waals surface area contributed by atoms with Crippen LogP contribution in [0.25, 0.3) is 0 Å². The maximum atomic E-state index is 5.48. The Hall–Kier alpha value is -0.560. The third-order valence-corrected chi connectivity index (χ3v) is 2.12. The molecule has 0 heterocycles. The van der Waals surface area contributed by atoms with Crippen molar-refractivity contribution in [2.75, 3.05) is 33.5 Å². The first kappa shape index (κ1) is 14.4. The molecule has 0 aliphatic rings. The molecule has 0 fully saturated rings. The van der Waals surface area contributed by atoms with Crippen LogP contribution in [0.3, 0.4) is 0 Å². The van der Waals surface area contributed by atoms with E-state index in [9.17, 15) is 0 Å². The van der Waals surface area contributed by atoms with E-state index in [4.69, 9.17) is 15.9 Å². The lowest BCUT2D eigenvalue weighted by molar-refractivity contribution is 0.0575. The molecule has 0 saturated carbocycles. The number of hydrogen-bond donors (Lipinski definition) is 1. The number of hydrogen-bond acceptors (Lipinski definition) is 3. The minimum Gasteiger partial charge on any atom is -0.382 e. The monoisotopic (exact) mass is 213 g/mol. The highest BCUT2D eigenvalue weighted by molar-refractivity contribution is 4.83. The molecule has 1 N–H and O–H groups in total. The van der Waals surface area contributed by atoms with Crippen molar-refractivity contribution in [1.82, 2.24) is 5.32 Å². The fourth-order valence-electron chi connectivity index (χ4n) is 1.35. The highest BCUT2D eigenvalue weighted by Crippen LogP contribution is 2.01. The Morgan fingerprint density at radius 3 is 2.80 bits per heavy atom. The molecule has 88 valence electrons. The average molecular weight is 213 g/mol. The van der Waals surface area contributed by atoms with Gasteiger partial charge in [0, 0.05) is 19.6 Å². The molecule has 15 heavy (non-hydrogen) atoms. The van der Waals surface area contributed by atoms with Gasteiger partial charge in [-0.1, -0.05) is 6.92 Å². The van der Waals surface area contributed by atoms with Crippen molar-refractivity contribution in [2.24, 2.45) is 0 Å². The molecule has 0 spiro atoms. The molecule has 0 radical (unpaired) electrons. The molecule has 0 aliphatic heterocycles. The molecular formula is C12H23NO2. The highest BCUT2D eigenvalue weighted by Gasteiger charge is 2.06. The summed E-state index contributed by atoms with van der Waals surface area (Å²) in [7, 11) is 1.68. The van der Waals surface area contributed by atoms with Gasteiger partial charge < -0.3 is 14.8 Å². The van der Waals surface area contributed by atoms with Crippen molar-refractivity contribution in [2.45, 2.75) is 32.2 Å². The zero-order chi connectivity index (χ0) is 11.4. The Labute approximate surface area is 93.5 Å². The van der Waals surface area contributed by atoms with Gasteiger partial charge in [0.2, 0.25) is 0 Å². The van der Waals surface area contributed by atoms with E-state index >= 15 is 0 Å². The van der Waals surface area contributed by atoms with E-state index in [2.05, 4.69) is 18.2 Å². The zero-order valence-corrected chi connectivity index (χ0v) is 9.92. The van der Waals surface area contributed by atoms with Gasteiger partial charge in [-0.15, -0.1) is 12.3 Å². The smallest absolute Gasteiger partial charge is 0.0701 e. The predicted octanol–water partition coefficient (Wildman–Crippen LogP) is 1.43. The molecule has 0 aliphatic carbocycles. The summed E-state index contributed by atoms with van der Waals surface area (Å²) >= 11 is 0. The molecule has 0 aromatic rings. The van der Waals surface area contributed by atoms with E-state index in [1.54, 1.807) is 7.11 Å². The van der Waals surface area contributed by atoms with E-state index in [-0.39, 0.29) is 0 Å². The van der Waals surface area contributed by atoms with Gasteiger partial charge >= 0.3 is 0 Å². The molecule has 0 aromatic heterocycles. The number of terminal acetylenes is 1. The standard InChI is InChI=1S/C12H23NO2/c1-4-6-7-8-12(13-5-2)11-15-10-9-14-3/h1,12-13H,5-11H2,2-3H3. The maximum absolute atomic E-state index is 5.48. The SMILES string of the molecule is C#CCCCC(COCCOC)NCC. The first-order valence-electron chi connectivity index (χ1n) is 5.58. The minimum atomic E-state index is 0.417. The second kappa shape index (κ2) is 11.5. The van der Waals surface area contributed by atoms with Crippen molar-refractivity contribution in [3.8, 4) is 12.3 Å². The molecule has 1 unspecified atom stereocenters. The van der Waals surface area contributed by atoms with Gasteiger partial charge in [0.25, 0.3) is 0 Å². The quantitative estimate of drug-likeness (QED) is 0.440. The molecule has 0 rings (SSSR count). The van der Waals surface area contributed by atoms with Crippen LogP contribution in [0, 0.1) is 12.3 Å². The van der Waals surface area contributed by atoms with E-state index in [0.717, 1.165) is 32.4 Å². The number of ether oxygens (including phenoxy) is 2. The molecule has 1 atom stereocenters. The van der Waals surface area contributed by atoms with Crippen LogP contribution >= 0.6 is 0 Å². The lowest BCUT2D eigenvalue weighted by Gasteiger charge is -2.17. The van der Waals surface area contributed by atoms with E-state index in [1.807, 2.05) is 0 Å². The lowest BCUT2D eigenvalue weighted by atomic mass is 10.1. The first-order valence-corrected chi connectivity index (χ1v) is 5.58. The summed E-state index contributed by atoms with van der Waals surface area (Å²) in [5.74, 6) is 2.65. The van der Waals surface area contributed by atoms with Crippen LogP contribution in [0.1, 0.15) is 26.2 Å². The Morgan fingerprint density at radius 2 is 2.20 bits per heavy atom. The number of rotatable bonds is 10. The maximum Gasteiger partial charge on any atom is 0.0701 e. The normalized spacial score (nSPS) is 12.3. The fourth-order valence-corrected chi connectivity index (χ4v) is 1.35. The molecule has 0 aromatic carbocycles. The van der Waals surface area contributed by atoms with Gasteiger partial charge in [-0.3, -0.25) is 0 Å². The molecular weight excluding hydrogens is 190 g/mol. The Morgan fingerprint density at radius 1 is 1.40 bits per heavy atom. The summed E-state index contributed by atoms with van der Waals surface area (Å²) in [5, 5.41) is 3.38. The van der Waals surface area contributed by atoms with Gasteiger partial charge in [-0.25, -0.2) is 0 Å². The summed E-state index contributed by atoms with van der Waals surface area (Å²) in [6.07, 6.45) is 8.19. The summed E-state index contributed by atoms with van der Waals surface area (Å²) in [6, 6.07) is 0.417. The molecule has 0 bridgehead atoms. The fraction of sp³-hybridized carbons (Fsp3) is 0.833. The molecule has 3 nitrogen and oxygen atoms in total.